The monoisotopic (exact) mass is 272 g/mol. The summed E-state index contributed by atoms with van der Waals surface area (Å²) in [5, 5.41) is 9.20. The van der Waals surface area contributed by atoms with Crippen LogP contribution in [0.1, 0.15) is 47.5 Å². The Hall–Kier alpha value is -0.160. The van der Waals surface area contributed by atoms with Gasteiger partial charge in [-0.3, -0.25) is 0 Å². The van der Waals surface area contributed by atoms with E-state index in [2.05, 4.69) is 39.5 Å². The van der Waals surface area contributed by atoms with Gasteiger partial charge in [0.1, 0.15) is 0 Å². The van der Waals surface area contributed by atoms with Crippen LogP contribution in [0, 0.1) is 5.92 Å². The van der Waals surface area contributed by atoms with Gasteiger partial charge < -0.3 is 20.5 Å². The van der Waals surface area contributed by atoms with Gasteiger partial charge in [-0.05, 0) is 40.7 Å². The molecule has 0 spiro atoms. The lowest BCUT2D eigenvalue weighted by atomic mass is 9.82. The second-order valence-corrected chi connectivity index (χ2v) is 6.82. The minimum atomic E-state index is -0.274. The Balaban J connectivity index is 2.71. The first kappa shape index (κ1) is 16.9. The van der Waals surface area contributed by atoms with Crippen molar-refractivity contribution in [3.63, 3.8) is 0 Å². The third-order valence-corrected chi connectivity index (χ3v) is 4.35. The number of aliphatic hydroxyl groups is 1. The van der Waals surface area contributed by atoms with Gasteiger partial charge in [0.05, 0.1) is 17.8 Å². The zero-order valence-electron chi connectivity index (χ0n) is 13.3. The van der Waals surface area contributed by atoms with E-state index in [1.807, 2.05) is 0 Å². The van der Waals surface area contributed by atoms with Crippen molar-refractivity contribution in [2.45, 2.75) is 64.7 Å². The van der Waals surface area contributed by atoms with Crippen molar-refractivity contribution < 1.29 is 9.84 Å². The van der Waals surface area contributed by atoms with Gasteiger partial charge in [-0.15, -0.1) is 0 Å². The summed E-state index contributed by atoms with van der Waals surface area (Å²) < 4.78 is 6.13. The predicted molar refractivity (Wildman–Crippen MR) is 79.1 cm³/mol. The van der Waals surface area contributed by atoms with Crippen LogP contribution in [0.15, 0.2) is 0 Å². The second kappa shape index (κ2) is 6.53. The third-order valence-electron chi connectivity index (χ3n) is 4.35. The lowest BCUT2D eigenvalue weighted by Gasteiger charge is -2.33. The van der Waals surface area contributed by atoms with Crippen LogP contribution >= 0.6 is 0 Å². The molecule has 2 atom stereocenters. The maximum absolute atomic E-state index is 9.20. The molecule has 2 unspecified atom stereocenters. The molecule has 0 radical (unpaired) electrons. The van der Waals surface area contributed by atoms with Crippen molar-refractivity contribution in [2.75, 3.05) is 26.2 Å². The molecule has 4 nitrogen and oxygen atoms in total. The summed E-state index contributed by atoms with van der Waals surface area (Å²) in [7, 11) is 0. The zero-order valence-corrected chi connectivity index (χ0v) is 13.3. The molecule has 1 aliphatic rings. The van der Waals surface area contributed by atoms with Crippen LogP contribution in [0.3, 0.4) is 0 Å². The van der Waals surface area contributed by atoms with E-state index in [0.29, 0.717) is 5.92 Å². The molecule has 1 aliphatic heterocycles. The van der Waals surface area contributed by atoms with Gasteiger partial charge in [0, 0.05) is 25.0 Å². The highest BCUT2D eigenvalue weighted by atomic mass is 16.5. The molecule has 0 amide bonds. The van der Waals surface area contributed by atoms with Crippen LogP contribution in [0.4, 0.5) is 0 Å². The SMILES string of the molecule is CCCCN(CCO)CC1C(N)C(C)(C)OC1(C)C. The predicted octanol–water partition coefficient (Wildman–Crippen LogP) is 1.61. The molecule has 114 valence electrons. The molecule has 0 bridgehead atoms. The molecular formula is C15H32N2O2. The normalized spacial score (nSPS) is 29.1. The first-order chi connectivity index (χ1) is 8.74. The number of hydrogen-bond donors (Lipinski definition) is 2. The smallest absolute Gasteiger partial charge is 0.0788 e. The van der Waals surface area contributed by atoms with Crippen LogP contribution in [-0.2, 0) is 4.74 Å². The lowest BCUT2D eigenvalue weighted by molar-refractivity contribution is -0.0786. The van der Waals surface area contributed by atoms with Crippen molar-refractivity contribution in [3.8, 4) is 0 Å². The number of nitrogens with zero attached hydrogens (tertiary/aromatic N) is 1. The van der Waals surface area contributed by atoms with Gasteiger partial charge in [-0.2, -0.15) is 0 Å². The molecule has 3 N–H and O–H groups in total. The minimum absolute atomic E-state index is 0.0327. The van der Waals surface area contributed by atoms with Gasteiger partial charge in [0.25, 0.3) is 0 Å². The van der Waals surface area contributed by atoms with E-state index in [0.717, 1.165) is 26.1 Å². The number of rotatable bonds is 7. The summed E-state index contributed by atoms with van der Waals surface area (Å²) in [6.07, 6.45) is 2.33. The first-order valence-electron chi connectivity index (χ1n) is 7.53. The number of ether oxygens (including phenoxy) is 1. The van der Waals surface area contributed by atoms with Crippen molar-refractivity contribution >= 4 is 0 Å². The highest BCUT2D eigenvalue weighted by Crippen LogP contribution is 2.41. The quantitative estimate of drug-likeness (QED) is 0.739. The summed E-state index contributed by atoms with van der Waals surface area (Å²) in [4.78, 5) is 2.32. The average Bonchev–Trinajstić information content (AvgIpc) is 2.44. The van der Waals surface area contributed by atoms with E-state index in [1.54, 1.807) is 0 Å². The average molecular weight is 272 g/mol. The van der Waals surface area contributed by atoms with Crippen LogP contribution in [-0.4, -0.2) is 53.5 Å². The molecule has 19 heavy (non-hydrogen) atoms. The van der Waals surface area contributed by atoms with E-state index >= 15 is 0 Å². The van der Waals surface area contributed by atoms with Crippen LogP contribution in [0.2, 0.25) is 0 Å². The fraction of sp³-hybridized carbons (Fsp3) is 1.00. The molecule has 0 saturated carbocycles. The Bertz CT molecular complexity index is 279. The number of aliphatic hydroxyl groups excluding tert-OH is 1. The molecule has 1 fully saturated rings. The highest BCUT2D eigenvalue weighted by Gasteiger charge is 2.52. The first-order valence-corrected chi connectivity index (χ1v) is 7.53. The van der Waals surface area contributed by atoms with E-state index < -0.39 is 0 Å². The number of unbranched alkanes of at least 4 members (excludes halogenated alkanes) is 1. The molecule has 1 rings (SSSR count). The third kappa shape index (κ3) is 4.15. The van der Waals surface area contributed by atoms with Gasteiger partial charge in [0.2, 0.25) is 0 Å². The molecule has 0 aromatic heterocycles. The molecule has 0 aromatic rings. The van der Waals surface area contributed by atoms with E-state index in [4.69, 9.17) is 10.5 Å². The zero-order chi connectivity index (χ0) is 14.7. The summed E-state index contributed by atoms with van der Waals surface area (Å²) in [5.74, 6) is 0.297. The summed E-state index contributed by atoms with van der Waals surface area (Å²) in [6.45, 7) is 13.4. The van der Waals surface area contributed by atoms with Gasteiger partial charge in [-0.25, -0.2) is 0 Å². The Labute approximate surface area is 118 Å². The maximum atomic E-state index is 9.20. The Morgan fingerprint density at radius 2 is 1.79 bits per heavy atom. The molecular weight excluding hydrogens is 240 g/mol. The molecule has 1 saturated heterocycles. The molecule has 1 heterocycles. The largest absolute Gasteiger partial charge is 0.395 e. The summed E-state index contributed by atoms with van der Waals surface area (Å²) in [6, 6.07) is 0.0327. The van der Waals surface area contributed by atoms with Crippen LogP contribution in [0.5, 0.6) is 0 Å². The Kier molecular flexibility index (Phi) is 5.80. The standard InChI is InChI=1S/C15H32N2O2/c1-6-7-8-17(9-10-18)11-12-13(16)15(4,5)19-14(12,2)3/h12-13,18H,6-11,16H2,1-5H3. The second-order valence-electron chi connectivity index (χ2n) is 6.82. The van der Waals surface area contributed by atoms with Gasteiger partial charge in [0.15, 0.2) is 0 Å². The van der Waals surface area contributed by atoms with Gasteiger partial charge in [-0.1, -0.05) is 13.3 Å². The Morgan fingerprint density at radius 1 is 1.16 bits per heavy atom. The summed E-state index contributed by atoms with van der Waals surface area (Å²) in [5.41, 5.74) is 5.91. The van der Waals surface area contributed by atoms with E-state index in [9.17, 15) is 5.11 Å². The van der Waals surface area contributed by atoms with Crippen LogP contribution in [0.25, 0.3) is 0 Å². The van der Waals surface area contributed by atoms with Crippen molar-refractivity contribution in [2.24, 2.45) is 11.7 Å². The van der Waals surface area contributed by atoms with Crippen LogP contribution < -0.4 is 5.73 Å². The number of nitrogens with two attached hydrogens (primary N) is 1. The maximum Gasteiger partial charge on any atom is 0.0788 e. The number of hydrogen-bond acceptors (Lipinski definition) is 4. The minimum Gasteiger partial charge on any atom is -0.395 e. The van der Waals surface area contributed by atoms with Crippen molar-refractivity contribution in [1.29, 1.82) is 0 Å². The molecule has 0 aromatic carbocycles. The molecule has 4 heteroatoms. The summed E-state index contributed by atoms with van der Waals surface area (Å²) >= 11 is 0. The molecule has 0 aliphatic carbocycles. The van der Waals surface area contributed by atoms with Gasteiger partial charge >= 0.3 is 0 Å². The highest BCUT2D eigenvalue weighted by molar-refractivity contribution is 5.04. The fourth-order valence-corrected chi connectivity index (χ4v) is 3.17. The van der Waals surface area contributed by atoms with E-state index in [1.165, 1.54) is 6.42 Å². The van der Waals surface area contributed by atoms with E-state index in [-0.39, 0.29) is 23.9 Å². The fourth-order valence-electron chi connectivity index (χ4n) is 3.17. The Morgan fingerprint density at radius 3 is 2.21 bits per heavy atom. The topological polar surface area (TPSA) is 58.7 Å². The van der Waals surface area contributed by atoms with Crippen molar-refractivity contribution in [3.05, 3.63) is 0 Å². The lowest BCUT2D eigenvalue weighted by Crippen LogP contribution is -2.48. The van der Waals surface area contributed by atoms with Crippen molar-refractivity contribution in [1.82, 2.24) is 4.90 Å².